The van der Waals surface area contributed by atoms with E-state index in [9.17, 15) is 9.90 Å². The fourth-order valence-corrected chi connectivity index (χ4v) is 3.93. The predicted octanol–water partition coefficient (Wildman–Crippen LogP) is -0.0555. The van der Waals surface area contributed by atoms with Crippen LogP contribution in [0.25, 0.3) is 0 Å². The molecule has 8 nitrogen and oxygen atoms in total. The van der Waals surface area contributed by atoms with Crippen molar-refractivity contribution in [3.63, 3.8) is 0 Å². The molecule has 1 aliphatic carbocycles. The zero-order chi connectivity index (χ0) is 17.2. The van der Waals surface area contributed by atoms with E-state index in [1.807, 2.05) is 4.90 Å². The molecular weight excluding hydrogens is 320 g/mol. The van der Waals surface area contributed by atoms with Crippen molar-refractivity contribution in [3.05, 3.63) is 18.5 Å². The van der Waals surface area contributed by atoms with Crippen LogP contribution in [0.15, 0.2) is 18.5 Å². The Hall–Kier alpha value is -1.77. The van der Waals surface area contributed by atoms with Crippen LogP contribution < -0.4 is 15.8 Å². The monoisotopic (exact) mass is 346 g/mol. The molecule has 0 amide bonds. The normalized spacial score (nSPS) is 31.0. The maximum atomic E-state index is 11.7. The second-order valence-corrected chi connectivity index (χ2v) is 7.45. The van der Waals surface area contributed by atoms with Gasteiger partial charge in [-0.05, 0) is 31.2 Å². The van der Waals surface area contributed by atoms with Crippen LogP contribution >= 0.6 is 0 Å². The van der Waals surface area contributed by atoms with Gasteiger partial charge in [0.15, 0.2) is 0 Å². The Morgan fingerprint density at radius 1 is 1.20 bits per heavy atom. The quantitative estimate of drug-likeness (QED) is 0.683. The fourth-order valence-electron chi connectivity index (χ4n) is 3.93. The molecule has 8 heteroatoms. The number of hydrogen-bond acceptors (Lipinski definition) is 7. The number of hydrogen-bond donors (Lipinski definition) is 3. The van der Waals surface area contributed by atoms with E-state index in [2.05, 4.69) is 25.7 Å². The summed E-state index contributed by atoms with van der Waals surface area (Å²) in [6, 6.07) is 2.75. The standard InChI is InChI=1S/C17H26N6O2/c24-16(25)13-9-22(11-14-8-15(21-20-14)12-2-3-12)6-7-23(10-13)17-18-4-1-5-19-17/h1,4-5,12-15,20-21H,2-3,6-11H2,(H,24,25). The second-order valence-electron chi connectivity index (χ2n) is 7.45. The van der Waals surface area contributed by atoms with Crippen LogP contribution in [0.4, 0.5) is 5.95 Å². The van der Waals surface area contributed by atoms with Crippen molar-refractivity contribution >= 4 is 11.9 Å². The summed E-state index contributed by atoms with van der Waals surface area (Å²) in [5.41, 5.74) is 6.82. The van der Waals surface area contributed by atoms with E-state index < -0.39 is 11.9 Å². The number of carbonyl (C=O) groups is 1. The Labute approximate surface area is 147 Å². The van der Waals surface area contributed by atoms with Gasteiger partial charge in [0.2, 0.25) is 5.95 Å². The number of nitrogens with zero attached hydrogens (tertiary/aromatic N) is 4. The summed E-state index contributed by atoms with van der Waals surface area (Å²) in [5.74, 6) is 0.269. The summed E-state index contributed by atoms with van der Waals surface area (Å²) in [7, 11) is 0. The third-order valence-electron chi connectivity index (χ3n) is 5.47. The van der Waals surface area contributed by atoms with E-state index in [-0.39, 0.29) is 0 Å². The highest BCUT2D eigenvalue weighted by atomic mass is 16.4. The van der Waals surface area contributed by atoms with Crippen LogP contribution in [0, 0.1) is 11.8 Å². The average Bonchev–Trinajstić information content (AvgIpc) is 3.40. The van der Waals surface area contributed by atoms with Crippen molar-refractivity contribution in [1.82, 2.24) is 25.7 Å². The minimum Gasteiger partial charge on any atom is -0.481 e. The van der Waals surface area contributed by atoms with Crippen molar-refractivity contribution in [1.29, 1.82) is 0 Å². The first-order valence-corrected chi connectivity index (χ1v) is 9.17. The Morgan fingerprint density at radius 2 is 2.00 bits per heavy atom. The van der Waals surface area contributed by atoms with Gasteiger partial charge >= 0.3 is 5.97 Å². The highest BCUT2D eigenvalue weighted by Gasteiger charge is 2.37. The maximum absolute atomic E-state index is 11.7. The lowest BCUT2D eigenvalue weighted by atomic mass is 10.1. The summed E-state index contributed by atoms with van der Waals surface area (Å²) in [6.45, 7) is 3.49. The lowest BCUT2D eigenvalue weighted by molar-refractivity contribution is -0.141. The molecule has 3 fully saturated rings. The Morgan fingerprint density at radius 3 is 2.72 bits per heavy atom. The first-order valence-electron chi connectivity index (χ1n) is 9.17. The van der Waals surface area contributed by atoms with Gasteiger partial charge in [0.25, 0.3) is 0 Å². The summed E-state index contributed by atoms with van der Waals surface area (Å²) in [5, 5.41) is 9.61. The Bertz CT molecular complexity index is 596. The molecule has 25 heavy (non-hydrogen) atoms. The number of carboxylic acids is 1. The molecule has 2 aliphatic heterocycles. The fraction of sp³-hybridized carbons (Fsp3) is 0.706. The van der Waals surface area contributed by atoms with Crippen molar-refractivity contribution in [2.24, 2.45) is 11.8 Å². The molecule has 3 unspecified atom stereocenters. The van der Waals surface area contributed by atoms with Crippen LogP contribution in [-0.4, -0.2) is 70.8 Å². The van der Waals surface area contributed by atoms with Gasteiger partial charge in [-0.3, -0.25) is 20.5 Å². The SMILES string of the molecule is O=C(O)C1CN(CC2CC(C3CC3)NN2)CCN(c2ncccn2)C1. The summed E-state index contributed by atoms with van der Waals surface area (Å²) < 4.78 is 0. The molecule has 3 heterocycles. The number of aromatic nitrogens is 2. The maximum Gasteiger partial charge on any atom is 0.309 e. The highest BCUT2D eigenvalue weighted by molar-refractivity contribution is 5.71. The molecule has 1 aromatic heterocycles. The van der Waals surface area contributed by atoms with Crippen LogP contribution in [0.1, 0.15) is 19.3 Å². The predicted molar refractivity (Wildman–Crippen MR) is 93.0 cm³/mol. The molecule has 0 radical (unpaired) electrons. The number of nitrogens with one attached hydrogen (secondary N) is 2. The van der Waals surface area contributed by atoms with Gasteiger partial charge in [0.1, 0.15) is 0 Å². The van der Waals surface area contributed by atoms with Gasteiger partial charge in [-0.1, -0.05) is 0 Å². The lowest BCUT2D eigenvalue weighted by Gasteiger charge is -2.24. The molecule has 0 spiro atoms. The van der Waals surface area contributed by atoms with Crippen LogP contribution in [0.2, 0.25) is 0 Å². The molecular formula is C17H26N6O2. The van der Waals surface area contributed by atoms with Crippen molar-refractivity contribution in [3.8, 4) is 0 Å². The van der Waals surface area contributed by atoms with Crippen LogP contribution in [0.3, 0.4) is 0 Å². The van der Waals surface area contributed by atoms with Crippen molar-refractivity contribution in [2.75, 3.05) is 37.6 Å². The largest absolute Gasteiger partial charge is 0.481 e. The molecule has 4 rings (SSSR count). The number of anilines is 1. The highest BCUT2D eigenvalue weighted by Crippen LogP contribution is 2.35. The third-order valence-corrected chi connectivity index (χ3v) is 5.47. The van der Waals surface area contributed by atoms with Crippen LogP contribution in [-0.2, 0) is 4.79 Å². The topological polar surface area (TPSA) is 93.6 Å². The van der Waals surface area contributed by atoms with Gasteiger partial charge in [-0.2, -0.15) is 0 Å². The third kappa shape index (κ3) is 4.08. The molecule has 2 saturated heterocycles. The minimum atomic E-state index is -0.749. The molecule has 0 aromatic carbocycles. The van der Waals surface area contributed by atoms with Crippen molar-refractivity contribution in [2.45, 2.75) is 31.3 Å². The zero-order valence-electron chi connectivity index (χ0n) is 14.3. The number of carboxylic acid groups (broad SMARTS) is 1. The van der Waals surface area contributed by atoms with E-state index in [0.717, 1.165) is 32.0 Å². The van der Waals surface area contributed by atoms with E-state index in [4.69, 9.17) is 0 Å². The van der Waals surface area contributed by atoms with E-state index in [1.165, 1.54) is 12.8 Å². The molecule has 1 aromatic rings. The molecule has 3 atom stereocenters. The smallest absolute Gasteiger partial charge is 0.309 e. The summed E-state index contributed by atoms with van der Waals surface area (Å²) in [6.07, 6.45) is 7.20. The first kappa shape index (κ1) is 16.7. The second kappa shape index (κ2) is 7.23. The lowest BCUT2D eigenvalue weighted by Crippen LogP contribution is -2.43. The summed E-state index contributed by atoms with van der Waals surface area (Å²) >= 11 is 0. The summed E-state index contributed by atoms with van der Waals surface area (Å²) in [4.78, 5) is 24.5. The zero-order valence-corrected chi connectivity index (χ0v) is 14.3. The minimum absolute atomic E-state index is 0.388. The van der Waals surface area contributed by atoms with E-state index in [1.54, 1.807) is 18.5 Å². The van der Waals surface area contributed by atoms with Gasteiger partial charge in [0, 0.05) is 57.2 Å². The average molecular weight is 346 g/mol. The van der Waals surface area contributed by atoms with Gasteiger partial charge in [0.05, 0.1) is 5.92 Å². The van der Waals surface area contributed by atoms with Gasteiger partial charge in [-0.15, -0.1) is 0 Å². The molecule has 3 aliphatic rings. The first-order chi connectivity index (χ1) is 12.2. The number of hydrazine groups is 1. The van der Waals surface area contributed by atoms with Crippen LogP contribution in [0.5, 0.6) is 0 Å². The molecule has 0 bridgehead atoms. The van der Waals surface area contributed by atoms with E-state index >= 15 is 0 Å². The Balaban J connectivity index is 1.39. The number of aliphatic carboxylic acids is 1. The number of rotatable bonds is 5. The van der Waals surface area contributed by atoms with E-state index in [0.29, 0.717) is 31.1 Å². The van der Waals surface area contributed by atoms with Crippen molar-refractivity contribution < 1.29 is 9.90 Å². The van der Waals surface area contributed by atoms with Gasteiger partial charge < -0.3 is 10.0 Å². The molecule has 136 valence electrons. The Kier molecular flexibility index (Phi) is 4.82. The van der Waals surface area contributed by atoms with Gasteiger partial charge in [-0.25, -0.2) is 9.97 Å². The molecule has 1 saturated carbocycles. The molecule has 3 N–H and O–H groups in total.